The molecule has 0 heterocycles. The summed E-state index contributed by atoms with van der Waals surface area (Å²) < 4.78 is 33.8. The van der Waals surface area contributed by atoms with Crippen molar-refractivity contribution in [2.75, 3.05) is 5.75 Å². The van der Waals surface area contributed by atoms with Crippen LogP contribution in [0.4, 0.5) is 3.89 Å². The maximum absolute atomic E-state index is 12.6. The second kappa shape index (κ2) is 4.72. The Hall–Kier alpha value is -0.610. The molecular weight excluding hydrogens is 251 g/mol. The van der Waals surface area contributed by atoms with E-state index in [1.54, 1.807) is 32.0 Å². The van der Waals surface area contributed by atoms with Crippen molar-refractivity contribution in [2.24, 2.45) is 5.41 Å². The zero-order valence-electron chi connectivity index (χ0n) is 9.20. The summed E-state index contributed by atoms with van der Waals surface area (Å²) in [6.07, 6.45) is 0.469. The van der Waals surface area contributed by atoms with Crippen LogP contribution in [0, 0.1) is 5.41 Å². The highest BCUT2D eigenvalue weighted by Crippen LogP contribution is 2.25. The number of benzene rings is 1. The van der Waals surface area contributed by atoms with Crippen molar-refractivity contribution in [3.8, 4) is 0 Å². The summed E-state index contributed by atoms with van der Waals surface area (Å²) in [7, 11) is -4.45. The molecule has 0 N–H and O–H groups in total. The number of halogens is 2. The summed E-state index contributed by atoms with van der Waals surface area (Å²) in [5.74, 6) is -0.480. The monoisotopic (exact) mass is 264 g/mol. The molecule has 0 spiro atoms. The quantitative estimate of drug-likeness (QED) is 0.783. The van der Waals surface area contributed by atoms with Crippen LogP contribution in [0.15, 0.2) is 24.3 Å². The minimum atomic E-state index is -4.45. The van der Waals surface area contributed by atoms with Gasteiger partial charge in [0.1, 0.15) is 0 Å². The van der Waals surface area contributed by atoms with Gasteiger partial charge >= 0.3 is 10.2 Å². The van der Waals surface area contributed by atoms with Gasteiger partial charge in [0.15, 0.2) is 0 Å². The van der Waals surface area contributed by atoms with Crippen molar-refractivity contribution in [2.45, 2.75) is 20.3 Å². The van der Waals surface area contributed by atoms with Crippen LogP contribution in [0.5, 0.6) is 0 Å². The van der Waals surface area contributed by atoms with E-state index in [0.29, 0.717) is 11.4 Å². The Morgan fingerprint density at radius 2 is 2.00 bits per heavy atom. The number of hydrogen-bond acceptors (Lipinski definition) is 2. The summed E-state index contributed by atoms with van der Waals surface area (Å²) >= 11 is 5.81. The molecule has 0 atom stereocenters. The Morgan fingerprint density at radius 3 is 2.50 bits per heavy atom. The Bertz CT molecular complexity index is 469. The topological polar surface area (TPSA) is 34.1 Å². The normalized spacial score (nSPS) is 12.8. The van der Waals surface area contributed by atoms with Gasteiger partial charge < -0.3 is 0 Å². The summed E-state index contributed by atoms with van der Waals surface area (Å²) in [4.78, 5) is 0. The molecule has 0 aromatic heterocycles. The predicted molar refractivity (Wildman–Crippen MR) is 63.8 cm³/mol. The first-order chi connectivity index (χ1) is 7.18. The Morgan fingerprint density at radius 1 is 1.38 bits per heavy atom. The third-order valence-electron chi connectivity index (χ3n) is 2.13. The first-order valence-electron chi connectivity index (χ1n) is 4.85. The highest BCUT2D eigenvalue weighted by molar-refractivity contribution is 7.86. The van der Waals surface area contributed by atoms with E-state index in [2.05, 4.69) is 0 Å². The van der Waals surface area contributed by atoms with Gasteiger partial charge in [-0.3, -0.25) is 0 Å². The van der Waals surface area contributed by atoms with Gasteiger partial charge in [-0.2, -0.15) is 8.42 Å². The molecule has 1 aromatic carbocycles. The molecule has 0 bridgehead atoms. The fourth-order valence-corrected chi connectivity index (χ4v) is 2.97. The Labute approximate surface area is 101 Å². The molecule has 0 amide bonds. The van der Waals surface area contributed by atoms with Gasteiger partial charge in [-0.05, 0) is 29.5 Å². The van der Waals surface area contributed by atoms with Crippen LogP contribution in [0.2, 0.25) is 5.02 Å². The van der Waals surface area contributed by atoms with Gasteiger partial charge in [-0.25, -0.2) is 0 Å². The second-order valence-electron chi connectivity index (χ2n) is 4.65. The van der Waals surface area contributed by atoms with Gasteiger partial charge in [-0.1, -0.05) is 37.6 Å². The van der Waals surface area contributed by atoms with E-state index >= 15 is 0 Å². The first kappa shape index (κ1) is 13.5. The fraction of sp³-hybridized carbons (Fsp3) is 0.455. The Balaban J connectivity index is 2.80. The minimum absolute atomic E-state index is 0.469. The van der Waals surface area contributed by atoms with E-state index in [1.807, 2.05) is 6.07 Å². The molecule has 0 aliphatic rings. The molecule has 0 fully saturated rings. The number of hydrogen-bond donors (Lipinski definition) is 0. The largest absolute Gasteiger partial charge is 0.302 e. The summed E-state index contributed by atoms with van der Waals surface area (Å²) in [5, 5.41) is 0.594. The van der Waals surface area contributed by atoms with Gasteiger partial charge in [-0.15, -0.1) is 3.89 Å². The third kappa shape index (κ3) is 4.94. The molecule has 1 aromatic rings. The van der Waals surface area contributed by atoms with Crippen molar-refractivity contribution >= 4 is 21.8 Å². The average Bonchev–Trinajstić information content (AvgIpc) is 1.96. The lowest BCUT2D eigenvalue weighted by Gasteiger charge is -2.22. The van der Waals surface area contributed by atoms with Crippen molar-refractivity contribution in [3.63, 3.8) is 0 Å². The summed E-state index contributed by atoms with van der Waals surface area (Å²) in [5.41, 5.74) is 0.263. The average molecular weight is 265 g/mol. The van der Waals surface area contributed by atoms with E-state index in [0.717, 1.165) is 5.56 Å². The molecule has 0 unspecified atom stereocenters. The molecule has 0 aliphatic carbocycles. The highest BCUT2D eigenvalue weighted by atomic mass is 35.5. The van der Waals surface area contributed by atoms with Crippen molar-refractivity contribution in [1.29, 1.82) is 0 Å². The highest BCUT2D eigenvalue weighted by Gasteiger charge is 2.26. The SMILES string of the molecule is CC(C)(Cc1cccc(Cl)c1)CS(=O)(=O)F. The van der Waals surface area contributed by atoms with Gasteiger partial charge in [0.2, 0.25) is 0 Å². The summed E-state index contributed by atoms with van der Waals surface area (Å²) in [6, 6.07) is 7.13. The maximum Gasteiger partial charge on any atom is 0.302 e. The zero-order chi connectivity index (χ0) is 12.4. The molecule has 0 radical (unpaired) electrons. The van der Waals surface area contributed by atoms with Crippen molar-refractivity contribution in [3.05, 3.63) is 34.9 Å². The van der Waals surface area contributed by atoms with Crippen LogP contribution in [-0.4, -0.2) is 14.2 Å². The van der Waals surface area contributed by atoms with Crippen molar-refractivity contribution < 1.29 is 12.3 Å². The van der Waals surface area contributed by atoms with Gasteiger partial charge in [0.05, 0.1) is 5.75 Å². The Kier molecular flexibility index (Phi) is 3.97. The third-order valence-corrected chi connectivity index (χ3v) is 3.50. The molecule has 0 aliphatic heterocycles. The number of rotatable bonds is 4. The zero-order valence-corrected chi connectivity index (χ0v) is 10.8. The van der Waals surface area contributed by atoms with Crippen LogP contribution in [0.3, 0.4) is 0 Å². The molecule has 16 heavy (non-hydrogen) atoms. The van der Waals surface area contributed by atoms with E-state index in [4.69, 9.17) is 11.6 Å². The van der Waals surface area contributed by atoms with Crippen LogP contribution in [0.25, 0.3) is 0 Å². The van der Waals surface area contributed by atoms with E-state index in [1.165, 1.54) is 0 Å². The van der Waals surface area contributed by atoms with E-state index < -0.39 is 21.4 Å². The van der Waals surface area contributed by atoms with Crippen LogP contribution >= 0.6 is 11.6 Å². The molecule has 90 valence electrons. The molecule has 2 nitrogen and oxygen atoms in total. The molecule has 0 saturated heterocycles. The first-order valence-corrected chi connectivity index (χ1v) is 6.78. The molecule has 1 rings (SSSR count). The standard InChI is InChI=1S/C11H14ClFO2S/c1-11(2,8-16(13,14)15)7-9-4-3-5-10(12)6-9/h3-6H,7-8H2,1-2H3. The minimum Gasteiger partial charge on any atom is -0.195 e. The summed E-state index contributed by atoms with van der Waals surface area (Å²) in [6.45, 7) is 3.43. The fourth-order valence-electron chi connectivity index (χ4n) is 1.72. The van der Waals surface area contributed by atoms with Crippen LogP contribution < -0.4 is 0 Å². The van der Waals surface area contributed by atoms with E-state index in [9.17, 15) is 12.3 Å². The molecular formula is C11H14ClFO2S. The smallest absolute Gasteiger partial charge is 0.195 e. The van der Waals surface area contributed by atoms with Crippen LogP contribution in [0.1, 0.15) is 19.4 Å². The second-order valence-corrected chi connectivity index (χ2v) is 6.46. The van der Waals surface area contributed by atoms with E-state index in [-0.39, 0.29) is 0 Å². The van der Waals surface area contributed by atoms with Gasteiger partial charge in [0.25, 0.3) is 0 Å². The predicted octanol–water partition coefficient (Wildman–Crippen LogP) is 3.21. The van der Waals surface area contributed by atoms with Gasteiger partial charge in [0, 0.05) is 5.02 Å². The lowest BCUT2D eigenvalue weighted by atomic mass is 9.88. The lowest BCUT2D eigenvalue weighted by Crippen LogP contribution is -2.24. The lowest BCUT2D eigenvalue weighted by molar-refractivity contribution is 0.401. The maximum atomic E-state index is 12.6. The molecule has 0 saturated carbocycles. The molecule has 5 heteroatoms. The van der Waals surface area contributed by atoms with Crippen molar-refractivity contribution in [1.82, 2.24) is 0 Å². The van der Waals surface area contributed by atoms with Crippen LogP contribution in [-0.2, 0) is 16.6 Å².